The van der Waals surface area contributed by atoms with E-state index in [0.29, 0.717) is 0 Å². The molecule has 2 rings (SSSR count). The number of halogens is 1. The molecule has 2 aromatic rings. The Kier molecular flexibility index (Phi) is 3.57. The Bertz CT molecular complexity index is 505. The van der Waals surface area contributed by atoms with Gasteiger partial charge >= 0.3 is 0 Å². The van der Waals surface area contributed by atoms with Gasteiger partial charge in [-0.05, 0) is 38.0 Å². The van der Waals surface area contributed by atoms with Crippen molar-refractivity contribution in [3.8, 4) is 0 Å². The number of rotatable bonds is 2. The van der Waals surface area contributed by atoms with E-state index in [9.17, 15) is 0 Å². The molecule has 0 aliphatic rings. The summed E-state index contributed by atoms with van der Waals surface area (Å²) in [6.07, 6.45) is 0. The van der Waals surface area contributed by atoms with Gasteiger partial charge in [-0.25, -0.2) is 0 Å². The molecule has 1 aromatic heterocycles. The van der Waals surface area contributed by atoms with E-state index in [1.54, 1.807) is 11.3 Å². The molecule has 0 amide bonds. The molecule has 1 heterocycles. The molecule has 0 bridgehead atoms. The Morgan fingerprint density at radius 1 is 1.06 bits per heavy atom. The molecule has 1 aromatic carbocycles. The molecule has 0 aliphatic carbocycles. The standard InChI is InChI=1S/C14H16ClNS/c1-8-4-9(2)6-11(5-8)13(16)12-7-10(3)14(15)17-12/h4-7,13H,16H2,1-3H3. The fourth-order valence-corrected chi connectivity index (χ4v) is 3.24. The third-order valence-electron chi connectivity index (χ3n) is 2.79. The summed E-state index contributed by atoms with van der Waals surface area (Å²) in [5, 5.41) is 0. The zero-order valence-electron chi connectivity index (χ0n) is 10.3. The number of thiophene rings is 1. The summed E-state index contributed by atoms with van der Waals surface area (Å²) in [5.41, 5.74) is 11.0. The quantitative estimate of drug-likeness (QED) is 0.857. The monoisotopic (exact) mass is 265 g/mol. The van der Waals surface area contributed by atoms with Crippen molar-refractivity contribution in [1.29, 1.82) is 0 Å². The molecule has 0 fully saturated rings. The van der Waals surface area contributed by atoms with Gasteiger partial charge in [-0.2, -0.15) is 0 Å². The van der Waals surface area contributed by atoms with Crippen LogP contribution in [0.5, 0.6) is 0 Å². The second-order valence-electron chi connectivity index (χ2n) is 4.50. The van der Waals surface area contributed by atoms with Crippen LogP contribution in [0.1, 0.15) is 33.2 Å². The van der Waals surface area contributed by atoms with E-state index in [0.717, 1.165) is 20.3 Å². The lowest BCUT2D eigenvalue weighted by molar-refractivity contribution is 0.888. The Labute approximate surface area is 111 Å². The molecule has 1 nitrogen and oxygen atoms in total. The molecule has 90 valence electrons. The lowest BCUT2D eigenvalue weighted by Crippen LogP contribution is -2.10. The topological polar surface area (TPSA) is 26.0 Å². The van der Waals surface area contributed by atoms with Crippen molar-refractivity contribution < 1.29 is 0 Å². The lowest BCUT2D eigenvalue weighted by atomic mass is 10.0. The van der Waals surface area contributed by atoms with Gasteiger partial charge < -0.3 is 5.73 Å². The third kappa shape index (κ3) is 2.71. The average molecular weight is 266 g/mol. The van der Waals surface area contributed by atoms with Crippen LogP contribution in [0.2, 0.25) is 4.34 Å². The number of nitrogens with two attached hydrogens (primary N) is 1. The minimum absolute atomic E-state index is 0.0789. The summed E-state index contributed by atoms with van der Waals surface area (Å²) in [7, 11) is 0. The predicted molar refractivity (Wildman–Crippen MR) is 76.0 cm³/mol. The Balaban J connectivity index is 2.39. The van der Waals surface area contributed by atoms with Crippen LogP contribution < -0.4 is 5.73 Å². The van der Waals surface area contributed by atoms with Crippen molar-refractivity contribution in [1.82, 2.24) is 0 Å². The first-order chi connectivity index (χ1) is 7.97. The molecular formula is C14H16ClNS. The first-order valence-electron chi connectivity index (χ1n) is 5.57. The van der Waals surface area contributed by atoms with Crippen molar-refractivity contribution >= 4 is 22.9 Å². The molecule has 17 heavy (non-hydrogen) atoms. The van der Waals surface area contributed by atoms with Crippen molar-refractivity contribution in [2.45, 2.75) is 26.8 Å². The minimum atomic E-state index is -0.0789. The highest BCUT2D eigenvalue weighted by molar-refractivity contribution is 7.16. The summed E-state index contributed by atoms with van der Waals surface area (Å²) in [6.45, 7) is 6.20. The fourth-order valence-electron chi connectivity index (χ4n) is 1.99. The van der Waals surface area contributed by atoms with Crippen LogP contribution in [-0.2, 0) is 0 Å². The van der Waals surface area contributed by atoms with Crippen molar-refractivity contribution in [2.24, 2.45) is 5.73 Å². The normalized spacial score (nSPS) is 12.8. The van der Waals surface area contributed by atoms with E-state index >= 15 is 0 Å². The average Bonchev–Trinajstić information content (AvgIpc) is 2.57. The smallest absolute Gasteiger partial charge is 0.0961 e. The van der Waals surface area contributed by atoms with Crippen LogP contribution in [0.15, 0.2) is 24.3 Å². The summed E-state index contributed by atoms with van der Waals surface area (Å²) < 4.78 is 0.833. The van der Waals surface area contributed by atoms with Crippen LogP contribution in [0.3, 0.4) is 0 Å². The number of hydrogen-bond acceptors (Lipinski definition) is 2. The fraction of sp³-hybridized carbons (Fsp3) is 0.286. The van der Waals surface area contributed by atoms with Gasteiger partial charge in [0.2, 0.25) is 0 Å². The maximum Gasteiger partial charge on any atom is 0.0961 e. The van der Waals surface area contributed by atoms with Crippen LogP contribution in [-0.4, -0.2) is 0 Å². The molecule has 0 saturated heterocycles. The van der Waals surface area contributed by atoms with E-state index in [2.05, 4.69) is 38.1 Å². The Morgan fingerprint density at radius 2 is 1.65 bits per heavy atom. The molecule has 2 N–H and O–H groups in total. The van der Waals surface area contributed by atoms with Crippen molar-refractivity contribution in [3.63, 3.8) is 0 Å². The molecular weight excluding hydrogens is 250 g/mol. The van der Waals surface area contributed by atoms with Gasteiger partial charge in [0.05, 0.1) is 10.4 Å². The summed E-state index contributed by atoms with van der Waals surface area (Å²) in [4.78, 5) is 1.12. The van der Waals surface area contributed by atoms with Gasteiger partial charge in [-0.15, -0.1) is 11.3 Å². The van der Waals surface area contributed by atoms with Crippen LogP contribution in [0.25, 0.3) is 0 Å². The molecule has 3 heteroatoms. The predicted octanol–water partition coefficient (Wildman–Crippen LogP) is 4.37. The second-order valence-corrected chi connectivity index (χ2v) is 6.19. The number of benzene rings is 1. The van der Waals surface area contributed by atoms with E-state index in [-0.39, 0.29) is 6.04 Å². The van der Waals surface area contributed by atoms with Gasteiger partial charge in [-0.1, -0.05) is 40.9 Å². The summed E-state index contributed by atoms with van der Waals surface area (Å²) in [6, 6.07) is 8.43. The van der Waals surface area contributed by atoms with Gasteiger partial charge in [0.25, 0.3) is 0 Å². The van der Waals surface area contributed by atoms with E-state index < -0.39 is 0 Å². The molecule has 0 aliphatic heterocycles. The molecule has 1 unspecified atom stereocenters. The molecule has 0 spiro atoms. The zero-order chi connectivity index (χ0) is 12.6. The van der Waals surface area contributed by atoms with Gasteiger partial charge in [-0.3, -0.25) is 0 Å². The maximum atomic E-state index is 6.29. The van der Waals surface area contributed by atoms with Crippen molar-refractivity contribution in [3.05, 3.63) is 55.7 Å². The largest absolute Gasteiger partial charge is 0.320 e. The van der Waals surface area contributed by atoms with Crippen LogP contribution in [0.4, 0.5) is 0 Å². The van der Waals surface area contributed by atoms with Gasteiger partial charge in [0.1, 0.15) is 0 Å². The number of aryl methyl sites for hydroxylation is 3. The summed E-state index contributed by atoms with van der Waals surface area (Å²) >= 11 is 7.66. The van der Waals surface area contributed by atoms with Gasteiger partial charge in [0, 0.05) is 4.88 Å². The first kappa shape index (κ1) is 12.6. The maximum absolute atomic E-state index is 6.29. The van der Waals surface area contributed by atoms with E-state index in [4.69, 9.17) is 17.3 Å². The number of hydrogen-bond donors (Lipinski definition) is 1. The second kappa shape index (κ2) is 4.81. The minimum Gasteiger partial charge on any atom is -0.320 e. The Hall–Kier alpha value is -0.830. The third-order valence-corrected chi connectivity index (χ3v) is 4.42. The Morgan fingerprint density at radius 3 is 2.12 bits per heavy atom. The van der Waals surface area contributed by atoms with Crippen LogP contribution in [0, 0.1) is 20.8 Å². The van der Waals surface area contributed by atoms with Gasteiger partial charge in [0.15, 0.2) is 0 Å². The van der Waals surface area contributed by atoms with E-state index in [1.807, 2.05) is 6.92 Å². The lowest BCUT2D eigenvalue weighted by Gasteiger charge is -2.12. The highest BCUT2D eigenvalue weighted by atomic mass is 35.5. The highest BCUT2D eigenvalue weighted by Gasteiger charge is 2.13. The van der Waals surface area contributed by atoms with Crippen LogP contribution >= 0.6 is 22.9 Å². The van der Waals surface area contributed by atoms with Crippen molar-refractivity contribution in [2.75, 3.05) is 0 Å². The molecule has 0 saturated carbocycles. The molecule has 1 atom stereocenters. The first-order valence-corrected chi connectivity index (χ1v) is 6.76. The van der Waals surface area contributed by atoms with E-state index in [1.165, 1.54) is 11.1 Å². The molecule has 0 radical (unpaired) electrons. The SMILES string of the molecule is Cc1cc(C)cc(C(N)c2cc(C)c(Cl)s2)c1. The zero-order valence-corrected chi connectivity index (χ0v) is 11.8. The summed E-state index contributed by atoms with van der Waals surface area (Å²) in [5.74, 6) is 0. The highest BCUT2D eigenvalue weighted by Crippen LogP contribution is 2.33.